The molecule has 8 heteroatoms. The highest BCUT2D eigenvalue weighted by molar-refractivity contribution is 14.0. The number of primary amides is 1. The third-order valence-corrected chi connectivity index (χ3v) is 8.20. The van der Waals surface area contributed by atoms with E-state index in [2.05, 4.69) is 38.9 Å². The van der Waals surface area contributed by atoms with Crippen LogP contribution in [0.2, 0.25) is 0 Å². The number of hydrogen-bond acceptors (Lipinski definition) is 4. The maximum absolute atomic E-state index is 11.3. The summed E-state index contributed by atoms with van der Waals surface area (Å²) in [5.41, 5.74) is 5.43. The van der Waals surface area contributed by atoms with Gasteiger partial charge in [0.05, 0.1) is 0 Å². The number of nitrogens with one attached hydrogen (secondary N) is 1. The van der Waals surface area contributed by atoms with Crippen molar-refractivity contribution < 1.29 is 4.79 Å². The van der Waals surface area contributed by atoms with Crippen molar-refractivity contribution in [2.24, 2.45) is 28.5 Å². The number of nitrogens with zero attached hydrogens (tertiary/aromatic N) is 4. The van der Waals surface area contributed by atoms with E-state index in [1.54, 1.807) is 0 Å². The number of rotatable bonds is 8. The molecule has 2 heterocycles. The lowest BCUT2D eigenvalue weighted by Crippen LogP contribution is -2.55. The zero-order chi connectivity index (χ0) is 22.9. The van der Waals surface area contributed by atoms with Crippen LogP contribution < -0.4 is 11.1 Å². The maximum atomic E-state index is 11.3. The van der Waals surface area contributed by atoms with Gasteiger partial charge in [0.25, 0.3) is 0 Å². The molecular formula is C25H49IN6O. The van der Waals surface area contributed by atoms with Crippen molar-refractivity contribution >= 4 is 35.8 Å². The Kier molecular flexibility index (Phi) is 12.8. The number of halogens is 1. The van der Waals surface area contributed by atoms with Crippen LogP contribution in [0.1, 0.15) is 65.2 Å². The van der Waals surface area contributed by atoms with Crippen LogP contribution in [0.4, 0.5) is 0 Å². The predicted octanol–water partition coefficient (Wildman–Crippen LogP) is 2.99. The number of nitrogens with two attached hydrogens (primary N) is 1. The Morgan fingerprint density at radius 2 is 1.61 bits per heavy atom. The third-order valence-electron chi connectivity index (χ3n) is 8.20. The number of likely N-dealkylation sites (tertiary alicyclic amines) is 1. The fourth-order valence-electron chi connectivity index (χ4n) is 5.87. The van der Waals surface area contributed by atoms with E-state index in [0.29, 0.717) is 0 Å². The number of hydrogen-bond donors (Lipinski definition) is 2. The molecule has 3 fully saturated rings. The average Bonchev–Trinajstić information content (AvgIpc) is 2.82. The Balaban J connectivity index is 0.00000385. The van der Waals surface area contributed by atoms with Gasteiger partial charge in [-0.3, -0.25) is 14.7 Å². The smallest absolute Gasteiger partial charge is 0.220 e. The lowest BCUT2D eigenvalue weighted by Gasteiger charge is -2.43. The van der Waals surface area contributed by atoms with Gasteiger partial charge in [0.1, 0.15) is 0 Å². The average molecular weight is 577 g/mol. The molecule has 0 bridgehead atoms. The van der Waals surface area contributed by atoms with E-state index in [1.807, 2.05) is 7.05 Å². The first-order valence-corrected chi connectivity index (χ1v) is 13.2. The highest BCUT2D eigenvalue weighted by Gasteiger charge is 2.30. The fraction of sp³-hybridized carbons (Fsp3) is 0.920. The highest BCUT2D eigenvalue weighted by atomic mass is 127. The number of aliphatic imine (C=N–C) groups is 1. The van der Waals surface area contributed by atoms with Crippen molar-refractivity contribution in [3.63, 3.8) is 0 Å². The Morgan fingerprint density at radius 3 is 2.15 bits per heavy atom. The zero-order valence-electron chi connectivity index (χ0n) is 21.3. The second kappa shape index (κ2) is 14.7. The van der Waals surface area contributed by atoms with Crippen molar-refractivity contribution in [2.75, 3.05) is 59.4 Å². The van der Waals surface area contributed by atoms with Gasteiger partial charge in [-0.1, -0.05) is 13.8 Å². The molecule has 0 aromatic carbocycles. The minimum absolute atomic E-state index is 0. The molecule has 33 heavy (non-hydrogen) atoms. The second-order valence-corrected chi connectivity index (χ2v) is 10.5. The van der Waals surface area contributed by atoms with Crippen molar-refractivity contribution in [3.8, 4) is 0 Å². The quantitative estimate of drug-likeness (QED) is 0.201. The Bertz CT molecular complexity index is 592. The first kappa shape index (κ1) is 28.6. The van der Waals surface area contributed by atoms with E-state index in [0.717, 1.165) is 82.4 Å². The van der Waals surface area contributed by atoms with Crippen LogP contribution in [0, 0.1) is 17.8 Å². The normalized spacial score (nSPS) is 26.3. The zero-order valence-corrected chi connectivity index (χ0v) is 23.6. The summed E-state index contributed by atoms with van der Waals surface area (Å²) in [6, 6.07) is 0.801. The highest BCUT2D eigenvalue weighted by Crippen LogP contribution is 2.32. The summed E-state index contributed by atoms with van der Waals surface area (Å²) in [4.78, 5) is 23.5. The summed E-state index contributed by atoms with van der Waals surface area (Å²) >= 11 is 0. The van der Waals surface area contributed by atoms with Gasteiger partial charge >= 0.3 is 0 Å². The van der Waals surface area contributed by atoms with Gasteiger partial charge in [0.15, 0.2) is 5.96 Å². The van der Waals surface area contributed by atoms with Crippen LogP contribution >= 0.6 is 24.0 Å². The van der Waals surface area contributed by atoms with Crippen LogP contribution in [-0.4, -0.2) is 92.0 Å². The van der Waals surface area contributed by atoms with Crippen LogP contribution in [0.3, 0.4) is 0 Å². The molecule has 0 atom stereocenters. The molecular weight excluding hydrogens is 527 g/mol. The molecule has 0 radical (unpaired) electrons. The first-order valence-electron chi connectivity index (χ1n) is 13.2. The largest absolute Gasteiger partial charge is 0.369 e. The van der Waals surface area contributed by atoms with Crippen LogP contribution in [0.15, 0.2) is 4.99 Å². The monoisotopic (exact) mass is 576 g/mol. The van der Waals surface area contributed by atoms with E-state index in [-0.39, 0.29) is 35.8 Å². The van der Waals surface area contributed by atoms with Gasteiger partial charge in [-0.15, -0.1) is 24.0 Å². The fourth-order valence-corrected chi connectivity index (χ4v) is 5.87. The molecule has 2 saturated heterocycles. The van der Waals surface area contributed by atoms with Gasteiger partial charge in [-0.05, 0) is 82.8 Å². The van der Waals surface area contributed by atoms with Crippen molar-refractivity contribution in [1.29, 1.82) is 0 Å². The number of carbonyl (C=O) groups is 1. The summed E-state index contributed by atoms with van der Waals surface area (Å²) in [5.74, 6) is 2.82. The number of guanidine groups is 1. The van der Waals surface area contributed by atoms with Crippen molar-refractivity contribution in [3.05, 3.63) is 0 Å². The number of carbonyl (C=O) groups excluding carboxylic acids is 1. The first-order chi connectivity index (χ1) is 15.5. The van der Waals surface area contributed by atoms with E-state index >= 15 is 0 Å². The molecule has 1 amide bonds. The van der Waals surface area contributed by atoms with E-state index < -0.39 is 0 Å². The Hall–Kier alpha value is -0.610. The molecule has 3 N–H and O–H groups in total. The molecule has 0 aromatic heterocycles. The third kappa shape index (κ3) is 8.84. The molecule has 0 aromatic rings. The molecule has 0 spiro atoms. The minimum atomic E-state index is -0.125. The van der Waals surface area contributed by atoms with E-state index in [9.17, 15) is 4.79 Å². The van der Waals surface area contributed by atoms with Crippen molar-refractivity contribution in [1.82, 2.24) is 20.0 Å². The molecule has 0 unspecified atom stereocenters. The topological polar surface area (TPSA) is 77.2 Å². The van der Waals surface area contributed by atoms with Crippen molar-refractivity contribution in [2.45, 2.75) is 71.3 Å². The molecule has 3 aliphatic rings. The predicted molar refractivity (Wildman–Crippen MR) is 148 cm³/mol. The molecule has 7 nitrogen and oxygen atoms in total. The number of unbranched alkanes of at least 4 members (excludes halogenated alkanes) is 1. The standard InChI is InChI=1S/C25H48N6O.HI/c1-20(2)21-6-8-23(9-7-21)30-16-18-31(19-17-30)25(27-3)28-12-4-5-13-29-14-10-22(11-15-29)24(26)32;/h20-23H,4-19H2,1-3H3,(H2,26,32)(H,27,28);1H. The van der Waals surface area contributed by atoms with Crippen LogP contribution in [-0.2, 0) is 4.79 Å². The number of piperidine rings is 1. The summed E-state index contributed by atoms with van der Waals surface area (Å²) < 4.78 is 0. The SMILES string of the molecule is CN=C(NCCCCN1CCC(C(N)=O)CC1)N1CCN(C2CCC(C(C)C)CC2)CC1.I. The molecule has 2 aliphatic heterocycles. The van der Waals surface area contributed by atoms with Gasteiger partial charge in [0.2, 0.25) is 5.91 Å². The van der Waals surface area contributed by atoms with Crippen LogP contribution in [0.25, 0.3) is 0 Å². The van der Waals surface area contributed by atoms with Crippen LogP contribution in [0.5, 0.6) is 0 Å². The maximum Gasteiger partial charge on any atom is 0.220 e. The lowest BCUT2D eigenvalue weighted by atomic mass is 9.79. The molecule has 1 aliphatic carbocycles. The second-order valence-electron chi connectivity index (χ2n) is 10.5. The van der Waals surface area contributed by atoms with Gasteiger partial charge in [-0.25, -0.2) is 0 Å². The van der Waals surface area contributed by atoms with E-state index in [1.165, 1.54) is 45.2 Å². The molecule has 3 rings (SSSR count). The molecule has 1 saturated carbocycles. The lowest BCUT2D eigenvalue weighted by molar-refractivity contribution is -0.123. The summed E-state index contributed by atoms with van der Waals surface area (Å²) in [5, 5.41) is 3.59. The number of piperazine rings is 1. The van der Waals surface area contributed by atoms with Gasteiger partial charge in [0, 0.05) is 51.7 Å². The summed E-state index contributed by atoms with van der Waals surface area (Å²) in [7, 11) is 1.91. The summed E-state index contributed by atoms with van der Waals surface area (Å²) in [6.07, 6.45) is 9.76. The van der Waals surface area contributed by atoms with Gasteiger partial charge in [-0.2, -0.15) is 0 Å². The Morgan fingerprint density at radius 1 is 0.970 bits per heavy atom. The van der Waals surface area contributed by atoms with Gasteiger partial charge < -0.3 is 20.9 Å². The Labute approximate surface area is 219 Å². The number of amides is 1. The minimum Gasteiger partial charge on any atom is -0.369 e. The molecule has 192 valence electrons. The van der Waals surface area contributed by atoms with E-state index in [4.69, 9.17) is 5.73 Å². The summed E-state index contributed by atoms with van der Waals surface area (Å²) in [6.45, 7) is 13.4.